The Balaban J connectivity index is 1.58. The quantitative estimate of drug-likeness (QED) is 0.835. The topological polar surface area (TPSA) is 78.4 Å². The van der Waals surface area contributed by atoms with Crippen LogP contribution in [0.1, 0.15) is 18.4 Å². The maximum Gasteiger partial charge on any atom is 0.227 e. The van der Waals surface area contributed by atoms with E-state index in [0.717, 1.165) is 37.3 Å². The van der Waals surface area contributed by atoms with Gasteiger partial charge in [0.2, 0.25) is 5.91 Å². The Morgan fingerprint density at radius 2 is 2.00 bits per heavy atom. The molecular weight excluding hydrogens is 328 g/mol. The maximum atomic E-state index is 12.4. The number of carbonyl (C=O) groups excluding carboxylic acids is 1. The van der Waals surface area contributed by atoms with Gasteiger partial charge in [-0.2, -0.15) is 0 Å². The molecule has 3 rings (SSSR count). The van der Waals surface area contributed by atoms with Crippen molar-refractivity contribution in [1.82, 2.24) is 10.2 Å². The molecule has 1 amide bonds. The number of halogens is 1. The van der Waals surface area contributed by atoms with Gasteiger partial charge in [-0.05, 0) is 49.6 Å². The fraction of sp³-hybridized carbons (Fsp3) is 0.353. The summed E-state index contributed by atoms with van der Waals surface area (Å²) in [6.07, 6.45) is 1.45. The summed E-state index contributed by atoms with van der Waals surface area (Å²) < 4.78 is 0. The lowest BCUT2D eigenvalue weighted by atomic mass is 9.95. The summed E-state index contributed by atoms with van der Waals surface area (Å²) in [7, 11) is 0. The summed E-state index contributed by atoms with van der Waals surface area (Å²) in [4.78, 5) is 14.5. The SMILES string of the molecule is Cc1ccc(NC(=O)C2CCN(c3ccc(Cl)nn3)CC2)c(O)c1. The molecule has 0 saturated carbocycles. The number of aryl methyl sites for hydroxylation is 1. The van der Waals surface area contributed by atoms with Crippen molar-refractivity contribution in [3.05, 3.63) is 41.0 Å². The molecule has 0 radical (unpaired) electrons. The molecule has 24 heavy (non-hydrogen) atoms. The number of aromatic hydroxyl groups is 1. The summed E-state index contributed by atoms with van der Waals surface area (Å²) in [5.41, 5.74) is 1.40. The Kier molecular flexibility index (Phi) is 4.85. The zero-order valence-electron chi connectivity index (χ0n) is 13.4. The first-order valence-corrected chi connectivity index (χ1v) is 8.25. The van der Waals surface area contributed by atoms with Gasteiger partial charge in [-0.15, -0.1) is 10.2 Å². The summed E-state index contributed by atoms with van der Waals surface area (Å²) in [6, 6.07) is 8.76. The lowest BCUT2D eigenvalue weighted by molar-refractivity contribution is -0.120. The molecule has 1 saturated heterocycles. The molecule has 0 spiro atoms. The molecule has 1 fully saturated rings. The minimum Gasteiger partial charge on any atom is -0.506 e. The highest BCUT2D eigenvalue weighted by molar-refractivity contribution is 6.29. The number of benzene rings is 1. The Labute approximate surface area is 145 Å². The first kappa shape index (κ1) is 16.5. The number of piperidine rings is 1. The smallest absolute Gasteiger partial charge is 0.227 e. The zero-order valence-corrected chi connectivity index (χ0v) is 14.1. The first-order valence-electron chi connectivity index (χ1n) is 7.87. The Hall–Kier alpha value is -2.34. The number of amides is 1. The molecule has 2 aromatic rings. The number of phenols is 1. The first-order chi connectivity index (χ1) is 11.5. The van der Waals surface area contributed by atoms with Crippen molar-refractivity contribution in [3.63, 3.8) is 0 Å². The van der Waals surface area contributed by atoms with Crippen LogP contribution in [-0.2, 0) is 4.79 Å². The molecule has 1 aliphatic rings. The van der Waals surface area contributed by atoms with Gasteiger partial charge in [0, 0.05) is 19.0 Å². The second kappa shape index (κ2) is 7.05. The van der Waals surface area contributed by atoms with E-state index in [1.807, 2.05) is 19.1 Å². The monoisotopic (exact) mass is 346 g/mol. The molecule has 2 N–H and O–H groups in total. The molecule has 0 aliphatic carbocycles. The fourth-order valence-electron chi connectivity index (χ4n) is 2.83. The van der Waals surface area contributed by atoms with Crippen LogP contribution in [0.25, 0.3) is 0 Å². The highest BCUT2D eigenvalue weighted by Crippen LogP contribution is 2.27. The van der Waals surface area contributed by atoms with Crippen molar-refractivity contribution in [3.8, 4) is 5.75 Å². The van der Waals surface area contributed by atoms with Crippen LogP contribution in [0, 0.1) is 12.8 Å². The Morgan fingerprint density at radius 1 is 1.25 bits per heavy atom. The second-order valence-electron chi connectivity index (χ2n) is 5.99. The Morgan fingerprint density at radius 3 is 2.62 bits per heavy atom. The predicted molar refractivity (Wildman–Crippen MR) is 93.5 cm³/mol. The molecule has 1 aromatic carbocycles. The van der Waals surface area contributed by atoms with E-state index in [0.29, 0.717) is 10.8 Å². The standard InChI is InChI=1S/C17H19ClN4O2/c1-11-2-3-13(14(23)10-11)19-17(24)12-6-8-22(9-7-12)16-5-4-15(18)20-21-16/h2-5,10,12,23H,6-9H2,1H3,(H,19,24). The van der Waals surface area contributed by atoms with Crippen LogP contribution in [0.3, 0.4) is 0 Å². The number of carbonyl (C=O) groups is 1. The van der Waals surface area contributed by atoms with Gasteiger partial charge in [0.1, 0.15) is 5.75 Å². The number of hydrogen-bond donors (Lipinski definition) is 2. The van der Waals surface area contributed by atoms with Crippen LogP contribution in [0.15, 0.2) is 30.3 Å². The molecule has 1 aromatic heterocycles. The third-order valence-corrected chi connectivity index (χ3v) is 4.42. The van der Waals surface area contributed by atoms with Crippen molar-refractivity contribution < 1.29 is 9.90 Å². The molecule has 6 nitrogen and oxygen atoms in total. The summed E-state index contributed by atoms with van der Waals surface area (Å²) in [5.74, 6) is 0.727. The van der Waals surface area contributed by atoms with E-state index >= 15 is 0 Å². The molecular formula is C17H19ClN4O2. The fourth-order valence-corrected chi connectivity index (χ4v) is 2.93. The summed E-state index contributed by atoms with van der Waals surface area (Å²) in [5, 5.41) is 21.0. The van der Waals surface area contributed by atoms with E-state index in [-0.39, 0.29) is 17.6 Å². The number of rotatable bonds is 3. The lowest BCUT2D eigenvalue weighted by Gasteiger charge is -2.31. The van der Waals surface area contributed by atoms with Gasteiger partial charge in [-0.3, -0.25) is 4.79 Å². The summed E-state index contributed by atoms with van der Waals surface area (Å²) in [6.45, 7) is 3.35. The minimum atomic E-state index is -0.0813. The van der Waals surface area contributed by atoms with Gasteiger partial charge in [-0.25, -0.2) is 0 Å². The van der Waals surface area contributed by atoms with Gasteiger partial charge in [-0.1, -0.05) is 17.7 Å². The highest BCUT2D eigenvalue weighted by atomic mass is 35.5. The third-order valence-electron chi connectivity index (χ3n) is 4.22. The van der Waals surface area contributed by atoms with Crippen LogP contribution in [0.2, 0.25) is 5.15 Å². The number of hydrogen-bond acceptors (Lipinski definition) is 5. The van der Waals surface area contributed by atoms with Gasteiger partial charge >= 0.3 is 0 Å². The molecule has 126 valence electrons. The lowest BCUT2D eigenvalue weighted by Crippen LogP contribution is -2.38. The molecule has 1 aliphatic heterocycles. The number of nitrogens with one attached hydrogen (secondary N) is 1. The molecule has 2 heterocycles. The van der Waals surface area contributed by atoms with Gasteiger partial charge < -0.3 is 15.3 Å². The molecule has 7 heteroatoms. The van der Waals surface area contributed by atoms with Crippen LogP contribution < -0.4 is 10.2 Å². The predicted octanol–water partition coefficient (Wildman–Crippen LogP) is 3.00. The van der Waals surface area contributed by atoms with E-state index in [9.17, 15) is 9.90 Å². The van der Waals surface area contributed by atoms with Crippen LogP contribution in [0.5, 0.6) is 5.75 Å². The Bertz CT molecular complexity index is 728. The second-order valence-corrected chi connectivity index (χ2v) is 6.37. The number of aromatic nitrogens is 2. The van der Waals surface area contributed by atoms with Gasteiger partial charge in [0.25, 0.3) is 0 Å². The number of anilines is 2. The van der Waals surface area contributed by atoms with Crippen molar-refractivity contribution in [1.29, 1.82) is 0 Å². The highest BCUT2D eigenvalue weighted by Gasteiger charge is 2.26. The third kappa shape index (κ3) is 3.76. The van der Waals surface area contributed by atoms with Crippen LogP contribution in [-0.4, -0.2) is 34.3 Å². The van der Waals surface area contributed by atoms with Gasteiger partial charge in [0.05, 0.1) is 5.69 Å². The van der Waals surface area contributed by atoms with Crippen LogP contribution >= 0.6 is 11.6 Å². The van der Waals surface area contributed by atoms with E-state index in [1.165, 1.54) is 0 Å². The largest absolute Gasteiger partial charge is 0.506 e. The van der Waals surface area contributed by atoms with Crippen molar-refractivity contribution in [2.45, 2.75) is 19.8 Å². The molecule has 0 unspecified atom stereocenters. The zero-order chi connectivity index (χ0) is 17.1. The van der Waals surface area contributed by atoms with E-state index in [4.69, 9.17) is 11.6 Å². The van der Waals surface area contributed by atoms with Gasteiger partial charge in [0.15, 0.2) is 11.0 Å². The van der Waals surface area contributed by atoms with E-state index in [2.05, 4.69) is 20.4 Å². The number of nitrogens with zero attached hydrogens (tertiary/aromatic N) is 3. The summed E-state index contributed by atoms with van der Waals surface area (Å²) >= 11 is 5.75. The van der Waals surface area contributed by atoms with Crippen molar-refractivity contribution in [2.24, 2.45) is 5.92 Å². The van der Waals surface area contributed by atoms with Crippen molar-refractivity contribution >= 4 is 29.0 Å². The van der Waals surface area contributed by atoms with Crippen LogP contribution in [0.4, 0.5) is 11.5 Å². The normalized spacial score (nSPS) is 15.3. The average Bonchev–Trinajstić information content (AvgIpc) is 2.58. The average molecular weight is 347 g/mol. The number of phenolic OH excluding ortho intramolecular Hbond substituents is 1. The van der Waals surface area contributed by atoms with Crippen molar-refractivity contribution in [2.75, 3.05) is 23.3 Å². The maximum absolute atomic E-state index is 12.4. The van der Waals surface area contributed by atoms with E-state index < -0.39 is 0 Å². The molecule has 0 bridgehead atoms. The van der Waals surface area contributed by atoms with E-state index in [1.54, 1.807) is 18.2 Å². The minimum absolute atomic E-state index is 0.0593. The molecule has 0 atom stereocenters.